The number of nitrogens with one attached hydrogen (secondary N) is 1. The summed E-state index contributed by atoms with van der Waals surface area (Å²) < 4.78 is 1.74. The quantitative estimate of drug-likeness (QED) is 0.730. The predicted molar refractivity (Wildman–Crippen MR) is 93.7 cm³/mol. The molecular formula is C17H18N4OS. The zero-order valence-electron chi connectivity index (χ0n) is 13.1. The van der Waals surface area contributed by atoms with Crippen LogP contribution in [0.25, 0.3) is 11.0 Å². The highest BCUT2D eigenvalue weighted by atomic mass is 32.2. The molecule has 0 saturated carbocycles. The van der Waals surface area contributed by atoms with Crippen LogP contribution in [0.1, 0.15) is 12.1 Å². The number of hydrogen-bond donors (Lipinski definition) is 1. The van der Waals surface area contributed by atoms with Gasteiger partial charge in [0.2, 0.25) is 5.91 Å². The SMILES string of the molecule is Cc1nn(C)c2ncc(NC(=O)CCSc3ccccc3)cc12. The largest absolute Gasteiger partial charge is 0.325 e. The van der Waals surface area contributed by atoms with E-state index in [1.54, 1.807) is 22.6 Å². The fourth-order valence-electron chi connectivity index (χ4n) is 2.38. The van der Waals surface area contributed by atoms with Crippen LogP contribution in [-0.2, 0) is 11.8 Å². The zero-order valence-corrected chi connectivity index (χ0v) is 13.9. The number of thioether (sulfide) groups is 1. The molecule has 2 heterocycles. The molecule has 0 saturated heterocycles. The van der Waals surface area contributed by atoms with Crippen molar-refractivity contribution < 1.29 is 4.79 Å². The monoisotopic (exact) mass is 326 g/mol. The Kier molecular flexibility index (Phi) is 4.62. The molecule has 3 rings (SSSR count). The zero-order chi connectivity index (χ0) is 16.2. The van der Waals surface area contributed by atoms with Crippen molar-refractivity contribution in [1.29, 1.82) is 0 Å². The molecule has 3 aromatic rings. The summed E-state index contributed by atoms with van der Waals surface area (Å²) in [5, 5.41) is 8.20. The summed E-state index contributed by atoms with van der Waals surface area (Å²) in [6, 6.07) is 12.0. The molecule has 0 aliphatic carbocycles. The van der Waals surface area contributed by atoms with Gasteiger partial charge in [-0.1, -0.05) is 18.2 Å². The summed E-state index contributed by atoms with van der Waals surface area (Å²) in [6.07, 6.45) is 2.13. The van der Waals surface area contributed by atoms with Crippen molar-refractivity contribution in [3.8, 4) is 0 Å². The Labute approximate surface area is 139 Å². The molecule has 0 aliphatic rings. The fraction of sp³-hybridized carbons (Fsp3) is 0.235. The molecule has 0 bridgehead atoms. The maximum Gasteiger partial charge on any atom is 0.225 e. The number of carbonyl (C=O) groups excluding carboxylic acids is 1. The first-order valence-corrected chi connectivity index (χ1v) is 8.39. The van der Waals surface area contributed by atoms with Crippen LogP contribution < -0.4 is 5.32 Å². The second kappa shape index (κ2) is 6.83. The van der Waals surface area contributed by atoms with Crippen LogP contribution in [0.2, 0.25) is 0 Å². The molecule has 1 aromatic carbocycles. The molecule has 2 aromatic heterocycles. The molecule has 0 aliphatic heterocycles. The van der Waals surface area contributed by atoms with Crippen LogP contribution in [0.3, 0.4) is 0 Å². The molecule has 0 radical (unpaired) electrons. The van der Waals surface area contributed by atoms with Crippen molar-refractivity contribution in [2.24, 2.45) is 7.05 Å². The van der Waals surface area contributed by atoms with Gasteiger partial charge >= 0.3 is 0 Å². The van der Waals surface area contributed by atoms with E-state index in [1.807, 2.05) is 50.4 Å². The van der Waals surface area contributed by atoms with E-state index >= 15 is 0 Å². The number of aryl methyl sites for hydroxylation is 2. The summed E-state index contributed by atoms with van der Waals surface area (Å²) in [4.78, 5) is 17.6. The van der Waals surface area contributed by atoms with E-state index in [1.165, 1.54) is 4.90 Å². The first-order valence-electron chi connectivity index (χ1n) is 7.40. The maximum absolute atomic E-state index is 12.1. The Morgan fingerprint density at radius 1 is 1.30 bits per heavy atom. The number of rotatable bonds is 5. The number of aromatic nitrogens is 3. The molecule has 0 fully saturated rings. The molecule has 23 heavy (non-hydrogen) atoms. The minimum Gasteiger partial charge on any atom is -0.325 e. The first-order chi connectivity index (χ1) is 11.1. The van der Waals surface area contributed by atoms with Crippen molar-refractivity contribution in [3.63, 3.8) is 0 Å². The molecule has 0 atom stereocenters. The second-order valence-corrected chi connectivity index (χ2v) is 6.43. The average molecular weight is 326 g/mol. The van der Waals surface area contributed by atoms with Gasteiger partial charge in [0.25, 0.3) is 0 Å². The van der Waals surface area contributed by atoms with Crippen LogP contribution in [0.5, 0.6) is 0 Å². The van der Waals surface area contributed by atoms with Gasteiger partial charge in [-0.05, 0) is 25.1 Å². The Morgan fingerprint density at radius 3 is 2.87 bits per heavy atom. The van der Waals surface area contributed by atoms with Gasteiger partial charge in [-0.2, -0.15) is 5.10 Å². The number of anilines is 1. The average Bonchev–Trinajstić information content (AvgIpc) is 2.83. The lowest BCUT2D eigenvalue weighted by atomic mass is 10.2. The van der Waals surface area contributed by atoms with E-state index in [9.17, 15) is 4.79 Å². The van der Waals surface area contributed by atoms with Crippen LogP contribution in [0.15, 0.2) is 47.5 Å². The smallest absolute Gasteiger partial charge is 0.225 e. The highest BCUT2D eigenvalue weighted by molar-refractivity contribution is 7.99. The van der Waals surface area contributed by atoms with Gasteiger partial charge < -0.3 is 5.32 Å². The molecular weight excluding hydrogens is 308 g/mol. The molecule has 5 nitrogen and oxygen atoms in total. The van der Waals surface area contributed by atoms with Gasteiger partial charge in [0, 0.05) is 29.5 Å². The minimum absolute atomic E-state index is 0.00359. The lowest BCUT2D eigenvalue weighted by molar-refractivity contribution is -0.115. The fourth-order valence-corrected chi connectivity index (χ4v) is 3.25. The standard InChI is InChI=1S/C17H18N4OS/c1-12-15-10-13(11-18-17(15)21(2)20-12)19-16(22)8-9-23-14-6-4-3-5-7-14/h3-7,10-11H,8-9H2,1-2H3,(H,19,22). The number of amides is 1. The third-order valence-electron chi connectivity index (χ3n) is 3.49. The van der Waals surface area contributed by atoms with Gasteiger partial charge in [-0.3, -0.25) is 9.48 Å². The number of fused-ring (bicyclic) bond motifs is 1. The first kappa shape index (κ1) is 15.6. The highest BCUT2D eigenvalue weighted by Gasteiger charge is 2.09. The van der Waals surface area contributed by atoms with Crippen LogP contribution in [0, 0.1) is 6.92 Å². The third kappa shape index (κ3) is 3.71. The van der Waals surface area contributed by atoms with E-state index < -0.39 is 0 Å². The van der Waals surface area contributed by atoms with Crippen molar-refractivity contribution in [1.82, 2.24) is 14.8 Å². The van der Waals surface area contributed by atoms with Crippen LogP contribution >= 0.6 is 11.8 Å². The van der Waals surface area contributed by atoms with Gasteiger partial charge in [-0.25, -0.2) is 4.98 Å². The topological polar surface area (TPSA) is 59.8 Å². The molecule has 1 N–H and O–H groups in total. The summed E-state index contributed by atoms with van der Waals surface area (Å²) in [5.74, 6) is 0.744. The van der Waals surface area contributed by atoms with E-state index in [4.69, 9.17) is 0 Å². The Hall–Kier alpha value is -2.34. The molecule has 118 valence electrons. The van der Waals surface area contributed by atoms with Crippen LogP contribution in [-0.4, -0.2) is 26.4 Å². The normalized spacial score (nSPS) is 10.9. The number of nitrogens with zero attached hydrogens (tertiary/aromatic N) is 3. The Bertz CT molecular complexity index is 829. The predicted octanol–water partition coefficient (Wildman–Crippen LogP) is 3.40. The lowest BCUT2D eigenvalue weighted by Gasteiger charge is -2.05. The van der Waals surface area contributed by atoms with Crippen molar-refractivity contribution in [2.45, 2.75) is 18.2 Å². The number of benzene rings is 1. The van der Waals surface area contributed by atoms with Crippen molar-refractivity contribution in [3.05, 3.63) is 48.3 Å². The summed E-state index contributed by atoms with van der Waals surface area (Å²) in [5.41, 5.74) is 2.44. The Balaban J connectivity index is 1.58. The van der Waals surface area contributed by atoms with Gasteiger partial charge in [0.05, 0.1) is 17.6 Å². The summed E-state index contributed by atoms with van der Waals surface area (Å²) >= 11 is 1.68. The molecule has 6 heteroatoms. The number of pyridine rings is 1. The highest BCUT2D eigenvalue weighted by Crippen LogP contribution is 2.20. The molecule has 0 spiro atoms. The van der Waals surface area contributed by atoms with E-state index in [0.717, 1.165) is 22.5 Å². The van der Waals surface area contributed by atoms with E-state index in [0.29, 0.717) is 12.1 Å². The van der Waals surface area contributed by atoms with Crippen molar-refractivity contribution in [2.75, 3.05) is 11.1 Å². The Morgan fingerprint density at radius 2 is 2.09 bits per heavy atom. The van der Waals surface area contributed by atoms with Gasteiger partial charge in [0.15, 0.2) is 5.65 Å². The van der Waals surface area contributed by atoms with Gasteiger partial charge in [-0.15, -0.1) is 11.8 Å². The summed E-state index contributed by atoms with van der Waals surface area (Å²) in [6.45, 7) is 1.94. The van der Waals surface area contributed by atoms with E-state index in [-0.39, 0.29) is 5.91 Å². The third-order valence-corrected chi connectivity index (χ3v) is 4.50. The molecule has 0 unspecified atom stereocenters. The van der Waals surface area contributed by atoms with Crippen LogP contribution in [0.4, 0.5) is 5.69 Å². The van der Waals surface area contributed by atoms with Crippen molar-refractivity contribution >= 4 is 34.4 Å². The maximum atomic E-state index is 12.1. The number of hydrogen-bond acceptors (Lipinski definition) is 4. The van der Waals surface area contributed by atoms with E-state index in [2.05, 4.69) is 15.4 Å². The second-order valence-electron chi connectivity index (χ2n) is 5.26. The van der Waals surface area contributed by atoms with Gasteiger partial charge in [0.1, 0.15) is 0 Å². The number of carbonyl (C=O) groups is 1. The minimum atomic E-state index is -0.00359. The molecule has 1 amide bonds. The lowest BCUT2D eigenvalue weighted by Crippen LogP contribution is -2.12. The summed E-state index contributed by atoms with van der Waals surface area (Å²) in [7, 11) is 1.86.